The third-order valence-corrected chi connectivity index (χ3v) is 6.88. The number of hydrogen-bond acceptors (Lipinski definition) is 6. The van der Waals surface area contributed by atoms with Gasteiger partial charge in [-0.25, -0.2) is 14.4 Å². The van der Waals surface area contributed by atoms with Gasteiger partial charge in [-0.05, 0) is 43.0 Å². The van der Waals surface area contributed by atoms with Crippen LogP contribution < -0.4 is 0 Å². The molecule has 5 rings (SSSR count). The lowest BCUT2D eigenvalue weighted by Crippen LogP contribution is -2.61. The van der Waals surface area contributed by atoms with Crippen molar-refractivity contribution >= 4 is 18.2 Å². The molecule has 3 atom stereocenters. The van der Waals surface area contributed by atoms with Crippen LogP contribution >= 0.6 is 0 Å². The Bertz CT molecular complexity index is 1150. The van der Waals surface area contributed by atoms with E-state index in [2.05, 4.69) is 0 Å². The van der Waals surface area contributed by atoms with E-state index in [1.165, 1.54) is 9.80 Å². The SMILES string of the molecule is CC(C)(C)OC(=O)N1C[C@@H]2[C@@H](C1)OC[C@H](C(=O)O)N2C(=O)OCC1c2ccccc2-c2ccccc21. The Hall–Kier alpha value is -3.59. The zero-order chi connectivity index (χ0) is 25.6. The van der Waals surface area contributed by atoms with E-state index in [1.807, 2.05) is 48.5 Å². The summed E-state index contributed by atoms with van der Waals surface area (Å²) in [4.78, 5) is 40.7. The molecule has 0 bridgehead atoms. The molecule has 2 amide bonds. The highest BCUT2D eigenvalue weighted by Crippen LogP contribution is 2.44. The van der Waals surface area contributed by atoms with Crippen molar-refractivity contribution in [2.75, 3.05) is 26.3 Å². The van der Waals surface area contributed by atoms with Gasteiger partial charge in [0.05, 0.1) is 25.3 Å². The van der Waals surface area contributed by atoms with Gasteiger partial charge in [-0.2, -0.15) is 0 Å². The summed E-state index contributed by atoms with van der Waals surface area (Å²) in [5.74, 6) is -1.33. The molecule has 2 aromatic carbocycles. The first-order chi connectivity index (χ1) is 17.1. The van der Waals surface area contributed by atoms with Crippen LogP contribution in [0.4, 0.5) is 9.59 Å². The molecule has 2 aliphatic heterocycles. The summed E-state index contributed by atoms with van der Waals surface area (Å²) in [7, 11) is 0. The summed E-state index contributed by atoms with van der Waals surface area (Å²) in [5.41, 5.74) is 3.67. The topological polar surface area (TPSA) is 106 Å². The van der Waals surface area contributed by atoms with Crippen molar-refractivity contribution in [1.82, 2.24) is 9.80 Å². The van der Waals surface area contributed by atoms with Crippen molar-refractivity contribution in [2.24, 2.45) is 0 Å². The number of carbonyl (C=O) groups excluding carboxylic acids is 2. The lowest BCUT2D eigenvalue weighted by atomic mass is 9.98. The molecule has 0 aromatic heterocycles. The Labute approximate surface area is 209 Å². The van der Waals surface area contributed by atoms with Crippen LogP contribution in [0.3, 0.4) is 0 Å². The third-order valence-electron chi connectivity index (χ3n) is 6.88. The maximum Gasteiger partial charge on any atom is 0.411 e. The molecule has 0 saturated carbocycles. The Balaban J connectivity index is 1.34. The highest BCUT2D eigenvalue weighted by atomic mass is 16.6. The lowest BCUT2D eigenvalue weighted by molar-refractivity contribution is -0.154. The molecule has 1 N–H and O–H groups in total. The van der Waals surface area contributed by atoms with E-state index in [9.17, 15) is 19.5 Å². The number of fused-ring (bicyclic) bond motifs is 4. The van der Waals surface area contributed by atoms with Crippen LogP contribution in [0.2, 0.25) is 0 Å². The zero-order valence-corrected chi connectivity index (χ0v) is 20.5. The highest BCUT2D eigenvalue weighted by Gasteiger charge is 2.51. The number of carbonyl (C=O) groups is 3. The molecule has 0 radical (unpaired) electrons. The van der Waals surface area contributed by atoms with Gasteiger partial charge in [0.25, 0.3) is 0 Å². The standard InChI is InChI=1S/C27H30N2O7/c1-27(2,3)36-25(32)28-12-21-23(13-28)34-15-22(24(30)31)29(21)26(33)35-14-20-18-10-6-4-8-16(18)17-9-5-7-11-19(17)20/h4-11,20-23H,12-15H2,1-3H3,(H,30,31)/t21-,22-,23-/m1/s1. The van der Waals surface area contributed by atoms with Crippen molar-refractivity contribution in [3.63, 3.8) is 0 Å². The fraction of sp³-hybridized carbons (Fsp3) is 0.444. The second kappa shape index (κ2) is 9.13. The summed E-state index contributed by atoms with van der Waals surface area (Å²) in [6.45, 7) is 5.52. The lowest BCUT2D eigenvalue weighted by Gasteiger charge is -2.40. The van der Waals surface area contributed by atoms with E-state index < -0.39 is 41.9 Å². The fourth-order valence-corrected chi connectivity index (χ4v) is 5.31. The maximum absolute atomic E-state index is 13.4. The van der Waals surface area contributed by atoms with Gasteiger partial charge in [-0.1, -0.05) is 48.5 Å². The van der Waals surface area contributed by atoms with Gasteiger partial charge >= 0.3 is 18.2 Å². The largest absolute Gasteiger partial charge is 0.480 e. The molecular formula is C27H30N2O7. The first kappa shape index (κ1) is 24.1. The average molecular weight is 495 g/mol. The number of morpholine rings is 1. The van der Waals surface area contributed by atoms with Gasteiger partial charge in [0, 0.05) is 12.5 Å². The number of aliphatic carboxylic acids is 1. The van der Waals surface area contributed by atoms with Crippen LogP contribution in [0.25, 0.3) is 11.1 Å². The number of ether oxygens (including phenoxy) is 3. The predicted molar refractivity (Wildman–Crippen MR) is 130 cm³/mol. The molecule has 9 heteroatoms. The Kier molecular flexibility index (Phi) is 6.12. The van der Waals surface area contributed by atoms with Crippen LogP contribution in [0.15, 0.2) is 48.5 Å². The summed E-state index contributed by atoms with van der Waals surface area (Å²) >= 11 is 0. The minimum Gasteiger partial charge on any atom is -0.480 e. The van der Waals surface area contributed by atoms with E-state index in [0.29, 0.717) is 0 Å². The molecule has 36 heavy (non-hydrogen) atoms. The second-order valence-corrected chi connectivity index (χ2v) is 10.4. The Morgan fingerprint density at radius 1 is 0.972 bits per heavy atom. The Morgan fingerprint density at radius 2 is 1.58 bits per heavy atom. The normalized spacial score (nSPS) is 23.0. The summed E-state index contributed by atoms with van der Waals surface area (Å²) < 4.78 is 17.0. The van der Waals surface area contributed by atoms with Crippen molar-refractivity contribution in [1.29, 1.82) is 0 Å². The summed E-state index contributed by atoms with van der Waals surface area (Å²) in [6, 6.07) is 14.1. The fourth-order valence-electron chi connectivity index (χ4n) is 5.31. The molecule has 0 spiro atoms. The third kappa shape index (κ3) is 4.39. The van der Waals surface area contributed by atoms with E-state index in [4.69, 9.17) is 14.2 Å². The van der Waals surface area contributed by atoms with E-state index in [1.54, 1.807) is 20.8 Å². The van der Waals surface area contributed by atoms with Crippen molar-refractivity contribution in [3.05, 3.63) is 59.7 Å². The van der Waals surface area contributed by atoms with Crippen LogP contribution in [-0.4, -0.2) is 83.2 Å². The van der Waals surface area contributed by atoms with Crippen LogP contribution in [0.1, 0.15) is 37.8 Å². The number of hydrogen-bond donors (Lipinski definition) is 1. The molecule has 2 heterocycles. The number of amides is 2. The minimum atomic E-state index is -1.21. The Morgan fingerprint density at radius 3 is 2.17 bits per heavy atom. The average Bonchev–Trinajstić information content (AvgIpc) is 3.40. The van der Waals surface area contributed by atoms with E-state index in [-0.39, 0.29) is 32.2 Å². The molecule has 2 aromatic rings. The molecule has 0 unspecified atom stereocenters. The molecule has 1 aliphatic carbocycles. The monoisotopic (exact) mass is 494 g/mol. The molecule has 3 aliphatic rings. The highest BCUT2D eigenvalue weighted by molar-refractivity contribution is 5.82. The van der Waals surface area contributed by atoms with Gasteiger partial charge in [-0.3, -0.25) is 4.90 Å². The number of carboxylic acid groups (broad SMARTS) is 1. The predicted octanol–water partition coefficient (Wildman–Crippen LogP) is 3.71. The molecular weight excluding hydrogens is 464 g/mol. The first-order valence-corrected chi connectivity index (χ1v) is 12.1. The van der Waals surface area contributed by atoms with Gasteiger partial charge in [0.1, 0.15) is 12.2 Å². The number of benzene rings is 2. The maximum atomic E-state index is 13.4. The summed E-state index contributed by atoms with van der Waals surface area (Å²) in [6.07, 6.45) is -1.78. The minimum absolute atomic E-state index is 0.0731. The van der Waals surface area contributed by atoms with Gasteiger partial charge in [0.2, 0.25) is 0 Å². The van der Waals surface area contributed by atoms with Crippen molar-refractivity contribution in [2.45, 2.75) is 50.5 Å². The van der Waals surface area contributed by atoms with E-state index >= 15 is 0 Å². The van der Waals surface area contributed by atoms with Crippen molar-refractivity contribution < 1.29 is 33.7 Å². The number of nitrogens with zero attached hydrogens (tertiary/aromatic N) is 2. The molecule has 2 fully saturated rings. The molecule has 190 valence electrons. The number of carboxylic acids is 1. The molecule has 9 nitrogen and oxygen atoms in total. The van der Waals surface area contributed by atoms with E-state index in [0.717, 1.165) is 22.3 Å². The molecule has 2 saturated heterocycles. The second-order valence-electron chi connectivity index (χ2n) is 10.4. The van der Waals surface area contributed by atoms with Gasteiger partial charge in [-0.15, -0.1) is 0 Å². The van der Waals surface area contributed by atoms with Crippen LogP contribution in [-0.2, 0) is 19.0 Å². The van der Waals surface area contributed by atoms with Crippen molar-refractivity contribution in [3.8, 4) is 11.1 Å². The smallest absolute Gasteiger partial charge is 0.411 e. The number of rotatable bonds is 3. The van der Waals surface area contributed by atoms with Gasteiger partial charge in [0.15, 0.2) is 6.04 Å². The zero-order valence-electron chi connectivity index (χ0n) is 20.5. The summed E-state index contributed by atoms with van der Waals surface area (Å²) in [5, 5.41) is 9.81. The number of likely N-dealkylation sites (tertiary alicyclic amines) is 1. The van der Waals surface area contributed by atoms with Crippen LogP contribution in [0, 0.1) is 0 Å². The van der Waals surface area contributed by atoms with Crippen LogP contribution in [0.5, 0.6) is 0 Å². The quantitative estimate of drug-likeness (QED) is 0.693. The first-order valence-electron chi connectivity index (χ1n) is 12.1. The van der Waals surface area contributed by atoms with Gasteiger partial charge < -0.3 is 24.2 Å².